The smallest absolute Gasteiger partial charge is 0.305 e. The highest BCUT2D eigenvalue weighted by Crippen LogP contribution is 2.25. The summed E-state index contributed by atoms with van der Waals surface area (Å²) in [5.41, 5.74) is 0.908. The summed E-state index contributed by atoms with van der Waals surface area (Å²) in [6.07, 6.45) is 3.67. The highest BCUT2D eigenvalue weighted by Gasteiger charge is 2.27. The van der Waals surface area contributed by atoms with Crippen LogP contribution in [0.15, 0.2) is 12.4 Å². The first kappa shape index (κ1) is 10.9. The average Bonchev–Trinajstić information content (AvgIpc) is 2.65. The van der Waals surface area contributed by atoms with Crippen LogP contribution in [0.3, 0.4) is 0 Å². The van der Waals surface area contributed by atoms with Crippen molar-refractivity contribution in [2.24, 2.45) is 0 Å². The van der Waals surface area contributed by atoms with E-state index in [0.717, 1.165) is 30.9 Å². The van der Waals surface area contributed by atoms with Gasteiger partial charge in [-0.2, -0.15) is 0 Å². The van der Waals surface area contributed by atoms with Gasteiger partial charge in [0.2, 0.25) is 0 Å². The van der Waals surface area contributed by atoms with Crippen LogP contribution < -0.4 is 4.90 Å². The number of nitrogens with zero attached hydrogens (tertiary/aromatic N) is 3. The first-order chi connectivity index (χ1) is 7.66. The predicted octanol–water partition coefficient (Wildman–Crippen LogP) is 1.23. The number of carboxylic acid groups (broad SMARTS) is 1. The number of rotatable bonds is 3. The zero-order chi connectivity index (χ0) is 11.5. The Hall–Kier alpha value is -1.65. The fraction of sp³-hybridized carbons (Fsp3) is 0.545. The summed E-state index contributed by atoms with van der Waals surface area (Å²) in [7, 11) is 0. The second-order valence-electron chi connectivity index (χ2n) is 4.10. The van der Waals surface area contributed by atoms with Gasteiger partial charge in [-0.05, 0) is 19.8 Å². The van der Waals surface area contributed by atoms with Crippen LogP contribution in [0.2, 0.25) is 0 Å². The monoisotopic (exact) mass is 221 g/mol. The van der Waals surface area contributed by atoms with E-state index in [4.69, 9.17) is 5.11 Å². The highest BCUT2D eigenvalue weighted by molar-refractivity contribution is 5.68. The molecule has 0 spiro atoms. The van der Waals surface area contributed by atoms with Crippen LogP contribution in [0.25, 0.3) is 0 Å². The van der Waals surface area contributed by atoms with Crippen molar-refractivity contribution < 1.29 is 9.90 Å². The number of carboxylic acids is 1. The molecule has 5 nitrogen and oxygen atoms in total. The van der Waals surface area contributed by atoms with Gasteiger partial charge in [-0.15, -0.1) is 0 Å². The number of carbonyl (C=O) groups is 1. The molecule has 0 aromatic carbocycles. The molecule has 1 aromatic heterocycles. The number of aliphatic carboxylic acids is 1. The standard InChI is InChI=1S/C11H15N3O2/c1-8-5-10(13-7-12-8)14-4-2-3-9(14)6-11(15)16/h5,7,9H,2-4,6H2,1H3,(H,15,16). The molecule has 2 heterocycles. The topological polar surface area (TPSA) is 66.3 Å². The molecular formula is C11H15N3O2. The van der Waals surface area contributed by atoms with Gasteiger partial charge in [-0.3, -0.25) is 4.79 Å². The largest absolute Gasteiger partial charge is 0.481 e. The minimum atomic E-state index is -0.748. The first-order valence-electron chi connectivity index (χ1n) is 5.44. The molecule has 1 fully saturated rings. The first-order valence-corrected chi connectivity index (χ1v) is 5.44. The molecule has 1 atom stereocenters. The van der Waals surface area contributed by atoms with Crippen LogP contribution in [0.1, 0.15) is 25.0 Å². The van der Waals surface area contributed by atoms with Crippen LogP contribution in [0.4, 0.5) is 5.82 Å². The molecule has 1 N–H and O–H groups in total. The van der Waals surface area contributed by atoms with Gasteiger partial charge >= 0.3 is 5.97 Å². The molecule has 1 saturated heterocycles. The molecule has 86 valence electrons. The molecule has 1 aliphatic heterocycles. The second kappa shape index (κ2) is 4.47. The minimum Gasteiger partial charge on any atom is -0.481 e. The maximum absolute atomic E-state index is 10.7. The summed E-state index contributed by atoms with van der Waals surface area (Å²) in [4.78, 5) is 21.1. The van der Waals surface area contributed by atoms with E-state index in [1.807, 2.05) is 13.0 Å². The summed E-state index contributed by atoms with van der Waals surface area (Å²) >= 11 is 0. The molecule has 0 bridgehead atoms. The molecule has 0 amide bonds. The van der Waals surface area contributed by atoms with E-state index < -0.39 is 5.97 Å². The summed E-state index contributed by atoms with van der Waals surface area (Å²) in [5.74, 6) is 0.0962. The summed E-state index contributed by atoms with van der Waals surface area (Å²) in [6.45, 7) is 2.79. The second-order valence-corrected chi connectivity index (χ2v) is 4.10. The Morgan fingerprint density at radius 3 is 3.12 bits per heavy atom. The predicted molar refractivity (Wildman–Crippen MR) is 59.4 cm³/mol. The summed E-state index contributed by atoms with van der Waals surface area (Å²) < 4.78 is 0. The van der Waals surface area contributed by atoms with E-state index in [9.17, 15) is 4.79 Å². The zero-order valence-corrected chi connectivity index (χ0v) is 9.26. The lowest BCUT2D eigenvalue weighted by Gasteiger charge is -2.24. The maximum atomic E-state index is 10.7. The number of hydrogen-bond acceptors (Lipinski definition) is 4. The average molecular weight is 221 g/mol. The minimum absolute atomic E-state index is 0.0757. The Balaban J connectivity index is 2.16. The quantitative estimate of drug-likeness (QED) is 0.831. The van der Waals surface area contributed by atoms with Crippen LogP contribution in [-0.2, 0) is 4.79 Å². The number of aromatic nitrogens is 2. The van der Waals surface area contributed by atoms with Crippen molar-refractivity contribution in [2.45, 2.75) is 32.2 Å². The van der Waals surface area contributed by atoms with Gasteiger partial charge in [0.25, 0.3) is 0 Å². The van der Waals surface area contributed by atoms with Crippen LogP contribution >= 0.6 is 0 Å². The molecule has 16 heavy (non-hydrogen) atoms. The Bertz CT molecular complexity index is 395. The van der Waals surface area contributed by atoms with Crippen molar-refractivity contribution in [2.75, 3.05) is 11.4 Å². The third-order valence-corrected chi connectivity index (χ3v) is 2.87. The Morgan fingerprint density at radius 2 is 2.44 bits per heavy atom. The van der Waals surface area contributed by atoms with Gasteiger partial charge in [0.1, 0.15) is 12.1 Å². The molecule has 1 aromatic rings. The lowest BCUT2D eigenvalue weighted by molar-refractivity contribution is -0.137. The lowest BCUT2D eigenvalue weighted by Crippen LogP contribution is -2.31. The van der Waals surface area contributed by atoms with Crippen molar-refractivity contribution in [3.63, 3.8) is 0 Å². The molecule has 0 saturated carbocycles. The van der Waals surface area contributed by atoms with E-state index in [1.54, 1.807) is 0 Å². The van der Waals surface area contributed by atoms with Gasteiger partial charge in [0.05, 0.1) is 6.42 Å². The van der Waals surface area contributed by atoms with E-state index in [2.05, 4.69) is 14.9 Å². The molecular weight excluding hydrogens is 206 g/mol. The van der Waals surface area contributed by atoms with Gasteiger partial charge in [-0.1, -0.05) is 0 Å². The summed E-state index contributed by atoms with van der Waals surface area (Å²) in [5, 5.41) is 8.83. The molecule has 1 unspecified atom stereocenters. The Kier molecular flexibility index (Phi) is 3.03. The van der Waals surface area contributed by atoms with E-state index in [0.29, 0.717) is 0 Å². The van der Waals surface area contributed by atoms with Crippen LogP contribution in [0.5, 0.6) is 0 Å². The number of aryl methyl sites for hydroxylation is 1. The normalized spacial score (nSPS) is 20.1. The van der Waals surface area contributed by atoms with Gasteiger partial charge in [-0.25, -0.2) is 9.97 Å². The third kappa shape index (κ3) is 2.29. The Morgan fingerprint density at radius 1 is 1.62 bits per heavy atom. The highest BCUT2D eigenvalue weighted by atomic mass is 16.4. The molecule has 2 rings (SSSR count). The van der Waals surface area contributed by atoms with Crippen molar-refractivity contribution >= 4 is 11.8 Å². The van der Waals surface area contributed by atoms with Crippen molar-refractivity contribution in [1.82, 2.24) is 9.97 Å². The zero-order valence-electron chi connectivity index (χ0n) is 9.26. The molecule has 1 aliphatic rings. The van der Waals surface area contributed by atoms with Crippen molar-refractivity contribution in [3.8, 4) is 0 Å². The van der Waals surface area contributed by atoms with Crippen molar-refractivity contribution in [3.05, 3.63) is 18.1 Å². The van der Waals surface area contributed by atoms with Gasteiger partial charge in [0.15, 0.2) is 0 Å². The SMILES string of the molecule is Cc1cc(N2CCCC2CC(=O)O)ncn1. The maximum Gasteiger partial charge on any atom is 0.305 e. The number of anilines is 1. The molecule has 0 aliphatic carbocycles. The van der Waals surface area contributed by atoms with E-state index in [1.165, 1.54) is 6.33 Å². The lowest BCUT2D eigenvalue weighted by atomic mass is 10.1. The Labute approximate surface area is 94.1 Å². The van der Waals surface area contributed by atoms with E-state index in [-0.39, 0.29) is 12.5 Å². The molecule has 0 radical (unpaired) electrons. The molecule has 5 heteroatoms. The fourth-order valence-electron chi connectivity index (χ4n) is 2.15. The van der Waals surface area contributed by atoms with Crippen LogP contribution in [-0.4, -0.2) is 33.6 Å². The van der Waals surface area contributed by atoms with Gasteiger partial charge in [0, 0.05) is 24.3 Å². The summed E-state index contributed by atoms with van der Waals surface area (Å²) in [6, 6.07) is 1.98. The van der Waals surface area contributed by atoms with Crippen molar-refractivity contribution in [1.29, 1.82) is 0 Å². The third-order valence-electron chi connectivity index (χ3n) is 2.87. The van der Waals surface area contributed by atoms with E-state index >= 15 is 0 Å². The fourth-order valence-corrected chi connectivity index (χ4v) is 2.15. The number of hydrogen-bond donors (Lipinski definition) is 1. The van der Waals surface area contributed by atoms with Crippen LogP contribution in [0, 0.1) is 6.92 Å². The van der Waals surface area contributed by atoms with Gasteiger partial charge < -0.3 is 10.0 Å².